The average Bonchev–Trinajstić information content (AvgIpc) is 2.42. The van der Waals surface area contributed by atoms with Gasteiger partial charge in [0.2, 0.25) is 5.88 Å². The Hall–Kier alpha value is -1.45. The summed E-state index contributed by atoms with van der Waals surface area (Å²) in [5.41, 5.74) is 0.786. The van der Waals surface area contributed by atoms with E-state index in [-0.39, 0.29) is 0 Å². The standard InChI is InChI=1S/C14H13Cl2NO2/c1-2-18-11-4-3-5-12(7-11)19-14-6-10(8-15)13(16)9-17-14/h3-7,9H,2,8H2,1H3. The second-order valence-corrected chi connectivity index (χ2v) is 4.43. The molecule has 1 aromatic carbocycles. The zero-order valence-corrected chi connectivity index (χ0v) is 11.9. The fourth-order valence-corrected chi connectivity index (χ4v) is 1.99. The van der Waals surface area contributed by atoms with E-state index in [2.05, 4.69) is 4.98 Å². The molecule has 1 heterocycles. The normalized spacial score (nSPS) is 10.3. The van der Waals surface area contributed by atoms with Crippen LogP contribution in [0.2, 0.25) is 5.02 Å². The Labute approximate surface area is 122 Å². The first kappa shape index (κ1) is 14.0. The molecule has 0 aliphatic rings. The lowest BCUT2D eigenvalue weighted by Gasteiger charge is -2.08. The van der Waals surface area contributed by atoms with E-state index in [1.54, 1.807) is 12.1 Å². The number of rotatable bonds is 5. The summed E-state index contributed by atoms with van der Waals surface area (Å²) in [4.78, 5) is 4.10. The van der Waals surface area contributed by atoms with Crippen molar-refractivity contribution in [1.29, 1.82) is 0 Å². The van der Waals surface area contributed by atoms with Gasteiger partial charge in [-0.1, -0.05) is 17.7 Å². The molecule has 2 aromatic rings. The molecule has 100 valence electrons. The van der Waals surface area contributed by atoms with Crippen molar-refractivity contribution in [2.75, 3.05) is 6.61 Å². The Kier molecular flexibility index (Phi) is 4.88. The second kappa shape index (κ2) is 6.64. The number of halogens is 2. The minimum Gasteiger partial charge on any atom is -0.494 e. The molecular weight excluding hydrogens is 285 g/mol. The zero-order valence-electron chi connectivity index (χ0n) is 10.4. The number of hydrogen-bond acceptors (Lipinski definition) is 3. The summed E-state index contributed by atoms with van der Waals surface area (Å²) >= 11 is 11.7. The van der Waals surface area contributed by atoms with Gasteiger partial charge in [0, 0.05) is 24.2 Å². The summed E-state index contributed by atoms with van der Waals surface area (Å²) < 4.78 is 11.1. The van der Waals surface area contributed by atoms with Crippen LogP contribution in [0.1, 0.15) is 12.5 Å². The van der Waals surface area contributed by atoms with Crippen LogP contribution in [0.15, 0.2) is 36.5 Å². The van der Waals surface area contributed by atoms with Crippen LogP contribution < -0.4 is 9.47 Å². The average molecular weight is 298 g/mol. The molecule has 0 aliphatic carbocycles. The van der Waals surface area contributed by atoms with Crippen LogP contribution in [0.25, 0.3) is 0 Å². The molecule has 0 fully saturated rings. The van der Waals surface area contributed by atoms with Crippen molar-refractivity contribution in [1.82, 2.24) is 4.98 Å². The predicted molar refractivity (Wildman–Crippen MR) is 76.5 cm³/mol. The Balaban J connectivity index is 2.18. The molecule has 1 aromatic heterocycles. The van der Waals surface area contributed by atoms with Gasteiger partial charge >= 0.3 is 0 Å². The van der Waals surface area contributed by atoms with Crippen LogP contribution >= 0.6 is 23.2 Å². The van der Waals surface area contributed by atoms with Gasteiger partial charge in [-0.25, -0.2) is 4.98 Å². The Morgan fingerprint density at radius 3 is 2.74 bits per heavy atom. The molecule has 0 spiro atoms. The van der Waals surface area contributed by atoms with Crippen LogP contribution in [0.4, 0.5) is 0 Å². The first-order valence-electron chi connectivity index (χ1n) is 5.84. The summed E-state index contributed by atoms with van der Waals surface area (Å²) in [6, 6.07) is 9.09. The van der Waals surface area contributed by atoms with Gasteiger partial charge in [0.05, 0.1) is 11.6 Å². The number of nitrogens with zero attached hydrogens (tertiary/aromatic N) is 1. The smallest absolute Gasteiger partial charge is 0.219 e. The summed E-state index contributed by atoms with van der Waals surface area (Å²) in [5, 5.41) is 0.533. The van der Waals surface area contributed by atoms with Crippen molar-refractivity contribution in [3.63, 3.8) is 0 Å². The van der Waals surface area contributed by atoms with Crippen molar-refractivity contribution in [3.8, 4) is 17.4 Å². The molecule has 0 unspecified atom stereocenters. The molecule has 0 saturated heterocycles. The van der Waals surface area contributed by atoms with Crippen molar-refractivity contribution in [3.05, 3.63) is 47.1 Å². The largest absolute Gasteiger partial charge is 0.494 e. The van der Waals surface area contributed by atoms with Crippen molar-refractivity contribution >= 4 is 23.2 Å². The van der Waals surface area contributed by atoms with Crippen LogP contribution in [0.3, 0.4) is 0 Å². The fourth-order valence-electron chi connectivity index (χ4n) is 1.53. The van der Waals surface area contributed by atoms with E-state index < -0.39 is 0 Å². The predicted octanol–water partition coefficient (Wildman–Crippen LogP) is 4.66. The zero-order chi connectivity index (χ0) is 13.7. The lowest BCUT2D eigenvalue weighted by Crippen LogP contribution is -1.93. The highest BCUT2D eigenvalue weighted by Crippen LogP contribution is 2.27. The van der Waals surface area contributed by atoms with E-state index in [0.717, 1.165) is 11.3 Å². The molecule has 0 atom stereocenters. The topological polar surface area (TPSA) is 31.4 Å². The molecule has 5 heteroatoms. The lowest BCUT2D eigenvalue weighted by atomic mass is 10.3. The second-order valence-electron chi connectivity index (χ2n) is 3.76. The molecule has 0 aliphatic heterocycles. The van der Waals surface area contributed by atoms with E-state index in [0.29, 0.717) is 29.1 Å². The maximum absolute atomic E-state index is 5.94. The number of aromatic nitrogens is 1. The Morgan fingerprint density at radius 2 is 2.00 bits per heavy atom. The van der Waals surface area contributed by atoms with E-state index in [4.69, 9.17) is 32.7 Å². The summed E-state index contributed by atoms with van der Waals surface area (Å²) in [7, 11) is 0. The molecule has 0 radical (unpaired) electrons. The van der Waals surface area contributed by atoms with E-state index >= 15 is 0 Å². The maximum atomic E-state index is 5.94. The molecule has 0 amide bonds. The number of alkyl halides is 1. The van der Waals surface area contributed by atoms with Crippen molar-refractivity contribution < 1.29 is 9.47 Å². The Morgan fingerprint density at radius 1 is 1.21 bits per heavy atom. The third-order valence-corrected chi connectivity index (χ3v) is 3.02. The molecule has 0 N–H and O–H groups in total. The molecule has 0 bridgehead atoms. The van der Waals surface area contributed by atoms with Crippen LogP contribution in [0, 0.1) is 0 Å². The molecule has 19 heavy (non-hydrogen) atoms. The van der Waals surface area contributed by atoms with Gasteiger partial charge in [0.25, 0.3) is 0 Å². The highest BCUT2D eigenvalue weighted by Gasteiger charge is 2.05. The number of ether oxygens (including phenoxy) is 2. The van der Waals surface area contributed by atoms with Gasteiger partial charge in [-0.2, -0.15) is 0 Å². The third-order valence-electron chi connectivity index (χ3n) is 2.39. The number of pyridine rings is 1. The SMILES string of the molecule is CCOc1cccc(Oc2cc(CCl)c(Cl)cn2)c1. The summed E-state index contributed by atoms with van der Waals surface area (Å²) in [6.07, 6.45) is 1.53. The third kappa shape index (κ3) is 3.75. The van der Waals surface area contributed by atoms with E-state index in [9.17, 15) is 0 Å². The van der Waals surface area contributed by atoms with Gasteiger partial charge < -0.3 is 9.47 Å². The quantitative estimate of drug-likeness (QED) is 0.752. The number of hydrogen-bond donors (Lipinski definition) is 0. The first-order chi connectivity index (χ1) is 9.22. The van der Waals surface area contributed by atoms with Gasteiger partial charge in [-0.3, -0.25) is 0 Å². The monoisotopic (exact) mass is 297 g/mol. The highest BCUT2D eigenvalue weighted by atomic mass is 35.5. The van der Waals surface area contributed by atoms with Gasteiger partial charge in [0.15, 0.2) is 0 Å². The van der Waals surface area contributed by atoms with Crippen LogP contribution in [-0.2, 0) is 5.88 Å². The Bertz CT molecular complexity index is 561. The maximum Gasteiger partial charge on any atom is 0.219 e. The fraction of sp³-hybridized carbons (Fsp3) is 0.214. The minimum absolute atomic E-state index is 0.316. The first-order valence-corrected chi connectivity index (χ1v) is 6.75. The van der Waals surface area contributed by atoms with Gasteiger partial charge in [-0.15, -0.1) is 11.6 Å². The minimum atomic E-state index is 0.316. The van der Waals surface area contributed by atoms with Crippen LogP contribution in [-0.4, -0.2) is 11.6 Å². The van der Waals surface area contributed by atoms with Crippen molar-refractivity contribution in [2.45, 2.75) is 12.8 Å². The molecule has 2 rings (SSSR count). The highest BCUT2D eigenvalue weighted by molar-refractivity contribution is 6.32. The van der Waals surface area contributed by atoms with E-state index in [1.807, 2.05) is 25.1 Å². The summed E-state index contributed by atoms with van der Waals surface area (Å²) in [5.74, 6) is 2.18. The van der Waals surface area contributed by atoms with Gasteiger partial charge in [0.1, 0.15) is 11.5 Å². The molecular formula is C14H13Cl2NO2. The lowest BCUT2D eigenvalue weighted by molar-refractivity contribution is 0.338. The summed E-state index contributed by atoms with van der Waals surface area (Å²) in [6.45, 7) is 2.54. The molecule has 3 nitrogen and oxygen atoms in total. The number of benzene rings is 1. The van der Waals surface area contributed by atoms with Crippen LogP contribution in [0.5, 0.6) is 17.4 Å². The van der Waals surface area contributed by atoms with E-state index in [1.165, 1.54) is 6.20 Å². The molecule has 0 saturated carbocycles. The van der Waals surface area contributed by atoms with Crippen molar-refractivity contribution in [2.24, 2.45) is 0 Å². The van der Waals surface area contributed by atoms with Gasteiger partial charge in [-0.05, 0) is 24.6 Å².